The molecule has 16 heavy (non-hydrogen) atoms. The van der Waals surface area contributed by atoms with E-state index >= 15 is 0 Å². The Bertz CT molecular complexity index is 266. The molecule has 0 amide bonds. The highest BCUT2D eigenvalue weighted by molar-refractivity contribution is 5.14. The van der Waals surface area contributed by atoms with Gasteiger partial charge in [0.15, 0.2) is 0 Å². The van der Waals surface area contributed by atoms with Crippen LogP contribution in [0.1, 0.15) is 37.7 Å². The summed E-state index contributed by atoms with van der Waals surface area (Å²) < 4.78 is 5.07. The Balaban J connectivity index is 1.90. The lowest BCUT2D eigenvalue weighted by atomic mass is 10.1. The van der Waals surface area contributed by atoms with Crippen molar-refractivity contribution in [1.29, 1.82) is 0 Å². The summed E-state index contributed by atoms with van der Waals surface area (Å²) in [6.45, 7) is 4.34. The molecule has 0 aliphatic heterocycles. The highest BCUT2D eigenvalue weighted by Crippen LogP contribution is 2.08. The van der Waals surface area contributed by atoms with Crippen LogP contribution in [0.3, 0.4) is 0 Å². The zero-order chi connectivity index (χ0) is 11.5. The van der Waals surface area contributed by atoms with Gasteiger partial charge in [-0.05, 0) is 24.8 Å². The number of hydrogen-bond acceptors (Lipinski definition) is 1. The van der Waals surface area contributed by atoms with Gasteiger partial charge in [0.05, 0.1) is 12.9 Å². The molecule has 0 aromatic heterocycles. The number of ether oxygens (including phenoxy) is 1. The molecule has 1 rings (SSSR count). The maximum absolute atomic E-state index is 5.07. The molecule has 0 bridgehead atoms. The van der Waals surface area contributed by atoms with E-state index in [9.17, 15) is 0 Å². The Kier molecular flexibility index (Phi) is 7.23. The van der Waals surface area contributed by atoms with Crippen molar-refractivity contribution < 1.29 is 4.74 Å². The van der Waals surface area contributed by atoms with Gasteiger partial charge in [-0.25, -0.2) is 0 Å². The second kappa shape index (κ2) is 9.02. The maximum atomic E-state index is 5.07. The third kappa shape index (κ3) is 6.28. The summed E-state index contributed by atoms with van der Waals surface area (Å²) in [4.78, 5) is 0. The van der Waals surface area contributed by atoms with Gasteiger partial charge >= 0.3 is 0 Å². The van der Waals surface area contributed by atoms with Crippen LogP contribution in [-0.2, 0) is 11.2 Å². The molecule has 88 valence electrons. The Hall–Kier alpha value is -1.24. The van der Waals surface area contributed by atoms with E-state index in [0.29, 0.717) is 0 Å². The van der Waals surface area contributed by atoms with Gasteiger partial charge in [-0.1, -0.05) is 56.2 Å². The molecule has 0 heterocycles. The molecule has 1 nitrogen and oxygen atoms in total. The second-order valence-electron chi connectivity index (χ2n) is 4.04. The van der Waals surface area contributed by atoms with Crippen LogP contribution in [0.25, 0.3) is 0 Å². The van der Waals surface area contributed by atoms with Crippen LogP contribution in [0.2, 0.25) is 0 Å². The average Bonchev–Trinajstić information content (AvgIpc) is 2.34. The van der Waals surface area contributed by atoms with Gasteiger partial charge in [0.1, 0.15) is 0 Å². The van der Waals surface area contributed by atoms with Gasteiger partial charge in [0.2, 0.25) is 0 Å². The minimum atomic E-state index is 0.822. The van der Waals surface area contributed by atoms with E-state index < -0.39 is 0 Å². The number of rotatable bonds is 9. The van der Waals surface area contributed by atoms with Gasteiger partial charge in [-0.15, -0.1) is 0 Å². The third-order valence-electron chi connectivity index (χ3n) is 2.69. The van der Waals surface area contributed by atoms with E-state index in [4.69, 9.17) is 4.74 Å². The Morgan fingerprint density at radius 2 is 1.62 bits per heavy atom. The highest BCUT2D eigenvalue weighted by atomic mass is 16.5. The third-order valence-corrected chi connectivity index (χ3v) is 2.69. The summed E-state index contributed by atoms with van der Waals surface area (Å²) >= 11 is 0. The molecule has 0 saturated carbocycles. The van der Waals surface area contributed by atoms with Crippen molar-refractivity contribution in [1.82, 2.24) is 0 Å². The molecule has 0 fully saturated rings. The van der Waals surface area contributed by atoms with Crippen LogP contribution in [0.5, 0.6) is 0 Å². The molecule has 1 aromatic carbocycles. The SMILES string of the molecule is C=COCCCCCCCc1ccccc1. The molecule has 0 unspecified atom stereocenters. The lowest BCUT2D eigenvalue weighted by Gasteiger charge is -2.02. The predicted octanol–water partition coefficient (Wildman–Crippen LogP) is 4.34. The first kappa shape index (κ1) is 12.8. The fourth-order valence-electron chi connectivity index (χ4n) is 1.77. The van der Waals surface area contributed by atoms with Crippen molar-refractivity contribution in [3.63, 3.8) is 0 Å². The summed E-state index contributed by atoms with van der Waals surface area (Å²) in [7, 11) is 0. The van der Waals surface area contributed by atoms with E-state index in [1.54, 1.807) is 0 Å². The zero-order valence-electron chi connectivity index (χ0n) is 10.0. The molecular weight excluding hydrogens is 196 g/mol. The van der Waals surface area contributed by atoms with Crippen molar-refractivity contribution in [2.24, 2.45) is 0 Å². The molecule has 0 atom stereocenters. The van der Waals surface area contributed by atoms with Crippen molar-refractivity contribution in [2.45, 2.75) is 38.5 Å². The average molecular weight is 218 g/mol. The molecular formula is C15H22O. The second-order valence-corrected chi connectivity index (χ2v) is 4.04. The fraction of sp³-hybridized carbons (Fsp3) is 0.467. The molecule has 0 aliphatic rings. The highest BCUT2D eigenvalue weighted by Gasteiger charge is 1.93. The summed E-state index contributed by atoms with van der Waals surface area (Å²) in [6.07, 6.45) is 9.09. The molecule has 0 spiro atoms. The lowest BCUT2D eigenvalue weighted by Crippen LogP contribution is -1.89. The molecule has 0 saturated heterocycles. The summed E-state index contributed by atoms with van der Waals surface area (Å²) in [5, 5.41) is 0. The lowest BCUT2D eigenvalue weighted by molar-refractivity contribution is 0.241. The number of unbranched alkanes of at least 4 members (excludes halogenated alkanes) is 4. The van der Waals surface area contributed by atoms with Gasteiger partial charge in [-0.3, -0.25) is 0 Å². The molecule has 1 aromatic rings. The van der Waals surface area contributed by atoms with E-state index in [1.807, 2.05) is 0 Å². The van der Waals surface area contributed by atoms with Crippen molar-refractivity contribution >= 4 is 0 Å². The van der Waals surface area contributed by atoms with Gasteiger partial charge in [0, 0.05) is 0 Å². The molecule has 0 aliphatic carbocycles. The minimum absolute atomic E-state index is 0.822. The first-order valence-electron chi connectivity index (χ1n) is 6.20. The fourth-order valence-corrected chi connectivity index (χ4v) is 1.77. The van der Waals surface area contributed by atoms with Crippen LogP contribution in [-0.4, -0.2) is 6.61 Å². The van der Waals surface area contributed by atoms with Crippen molar-refractivity contribution in [3.8, 4) is 0 Å². The Morgan fingerprint density at radius 3 is 2.38 bits per heavy atom. The first-order chi connectivity index (χ1) is 7.93. The smallest absolute Gasteiger partial charge is 0.0873 e. The number of aryl methyl sites for hydroxylation is 1. The number of benzene rings is 1. The Morgan fingerprint density at radius 1 is 0.938 bits per heavy atom. The van der Waals surface area contributed by atoms with Crippen LogP contribution < -0.4 is 0 Å². The van der Waals surface area contributed by atoms with Crippen LogP contribution in [0.15, 0.2) is 43.2 Å². The maximum Gasteiger partial charge on any atom is 0.0873 e. The van der Waals surface area contributed by atoms with Crippen molar-refractivity contribution in [2.75, 3.05) is 6.61 Å². The number of hydrogen-bond donors (Lipinski definition) is 0. The van der Waals surface area contributed by atoms with Gasteiger partial charge in [0.25, 0.3) is 0 Å². The summed E-state index contributed by atoms with van der Waals surface area (Å²) in [5.41, 5.74) is 1.46. The zero-order valence-corrected chi connectivity index (χ0v) is 10.0. The molecule has 0 radical (unpaired) electrons. The first-order valence-corrected chi connectivity index (χ1v) is 6.20. The van der Waals surface area contributed by atoms with Gasteiger partial charge in [-0.2, -0.15) is 0 Å². The molecule has 1 heteroatoms. The van der Waals surface area contributed by atoms with E-state index in [-0.39, 0.29) is 0 Å². The van der Waals surface area contributed by atoms with Crippen LogP contribution in [0, 0.1) is 0 Å². The van der Waals surface area contributed by atoms with E-state index in [2.05, 4.69) is 36.9 Å². The monoisotopic (exact) mass is 218 g/mol. The summed E-state index contributed by atoms with van der Waals surface area (Å²) in [6, 6.07) is 10.7. The largest absolute Gasteiger partial charge is 0.502 e. The van der Waals surface area contributed by atoms with E-state index in [1.165, 1.54) is 43.9 Å². The van der Waals surface area contributed by atoms with Crippen LogP contribution >= 0.6 is 0 Å². The van der Waals surface area contributed by atoms with Gasteiger partial charge < -0.3 is 4.74 Å². The Labute approximate surface area is 99.1 Å². The molecule has 0 N–H and O–H groups in total. The minimum Gasteiger partial charge on any atom is -0.502 e. The topological polar surface area (TPSA) is 9.23 Å². The normalized spacial score (nSPS) is 10.0. The predicted molar refractivity (Wildman–Crippen MR) is 69.4 cm³/mol. The standard InChI is InChI=1S/C15H22O/c1-2-16-14-10-5-3-4-7-11-15-12-8-6-9-13-15/h2,6,8-9,12-13H,1,3-5,7,10-11,14H2. The summed E-state index contributed by atoms with van der Waals surface area (Å²) in [5.74, 6) is 0. The van der Waals surface area contributed by atoms with Crippen molar-refractivity contribution in [3.05, 3.63) is 48.7 Å². The quantitative estimate of drug-likeness (QED) is 0.442. The van der Waals surface area contributed by atoms with E-state index in [0.717, 1.165) is 13.0 Å². The van der Waals surface area contributed by atoms with Crippen LogP contribution in [0.4, 0.5) is 0 Å².